The Morgan fingerprint density at radius 3 is 2.34 bits per heavy atom. The molecule has 0 unspecified atom stereocenters. The number of allylic oxidation sites excluding steroid dienone is 7. The van der Waals surface area contributed by atoms with Crippen LogP contribution in [0, 0.1) is 0 Å². The summed E-state index contributed by atoms with van der Waals surface area (Å²) in [6, 6.07) is 17.4. The van der Waals surface area contributed by atoms with Crippen molar-refractivity contribution >= 4 is 34.4 Å². The Labute approximate surface area is 232 Å². The highest BCUT2D eigenvalue weighted by atomic mass is 32.2. The van der Waals surface area contributed by atoms with Crippen LogP contribution in [-0.2, 0) is 10.8 Å². The molecule has 0 spiro atoms. The molecule has 0 radical (unpaired) electrons. The summed E-state index contributed by atoms with van der Waals surface area (Å²) >= 11 is 1.63. The predicted molar refractivity (Wildman–Crippen MR) is 165 cm³/mol. The van der Waals surface area contributed by atoms with Gasteiger partial charge in [-0.2, -0.15) is 9.68 Å². The minimum Gasteiger partial charge on any atom is -0.347 e. The van der Waals surface area contributed by atoms with Gasteiger partial charge in [-0.05, 0) is 62.0 Å². The number of hydrazone groups is 1. The van der Waals surface area contributed by atoms with Crippen molar-refractivity contribution in [2.75, 3.05) is 19.0 Å². The number of anilines is 1. The van der Waals surface area contributed by atoms with Crippen molar-refractivity contribution in [2.45, 2.75) is 57.8 Å². The summed E-state index contributed by atoms with van der Waals surface area (Å²) in [6.07, 6.45) is 12.5. The van der Waals surface area contributed by atoms with Crippen molar-refractivity contribution in [3.8, 4) is 0 Å². The number of nitrogens with two attached hydrogens (primary N) is 1. The van der Waals surface area contributed by atoms with E-state index in [2.05, 4.69) is 129 Å². The Bertz CT molecular complexity index is 1450. The molecule has 38 heavy (non-hydrogen) atoms. The fraction of sp³-hybridized carbons (Fsp3) is 0.333. The minimum atomic E-state index is -0.0418. The lowest BCUT2D eigenvalue weighted by Crippen LogP contribution is -2.26. The van der Waals surface area contributed by atoms with Crippen LogP contribution in [0.4, 0.5) is 11.4 Å². The Morgan fingerprint density at radius 2 is 1.63 bits per heavy atom. The molecule has 0 fully saturated rings. The third-order valence-corrected chi connectivity index (χ3v) is 9.46. The van der Waals surface area contributed by atoms with E-state index in [-0.39, 0.29) is 10.8 Å². The summed E-state index contributed by atoms with van der Waals surface area (Å²) in [7, 11) is 4.35. The molecular weight excluding hydrogens is 484 g/mol. The van der Waals surface area contributed by atoms with Crippen LogP contribution in [-0.4, -0.2) is 29.9 Å². The van der Waals surface area contributed by atoms with Crippen LogP contribution in [0.2, 0.25) is 0 Å². The maximum Gasteiger partial charge on any atom is 0.209 e. The van der Waals surface area contributed by atoms with Crippen molar-refractivity contribution in [3.63, 3.8) is 0 Å². The number of fused-ring (bicyclic) bond motifs is 2. The van der Waals surface area contributed by atoms with E-state index in [1.165, 1.54) is 50.0 Å². The Kier molecular flexibility index (Phi) is 6.99. The first-order valence-corrected chi connectivity index (χ1v) is 14.3. The zero-order valence-corrected chi connectivity index (χ0v) is 24.3. The zero-order chi connectivity index (χ0) is 27.1. The molecule has 0 amide bonds. The number of rotatable bonds is 5. The second kappa shape index (κ2) is 10.1. The smallest absolute Gasteiger partial charge is 0.209 e. The average molecular weight is 524 g/mol. The molecule has 2 aromatic carbocycles. The molecule has 2 aliphatic heterocycles. The van der Waals surface area contributed by atoms with Gasteiger partial charge in [0.25, 0.3) is 0 Å². The maximum absolute atomic E-state index is 5.55. The number of thioether (sulfide) groups is 1. The van der Waals surface area contributed by atoms with E-state index in [4.69, 9.17) is 5.84 Å². The number of nitrogens with zero attached hydrogens (tertiary/aromatic N) is 3. The summed E-state index contributed by atoms with van der Waals surface area (Å²) in [5.74, 6) is 5.55. The Balaban J connectivity index is 1.52. The Hall–Kier alpha value is -3.31. The van der Waals surface area contributed by atoms with E-state index in [1.54, 1.807) is 17.3 Å². The molecule has 0 saturated carbocycles. The van der Waals surface area contributed by atoms with Crippen molar-refractivity contribution in [2.24, 2.45) is 10.9 Å². The first-order valence-electron chi connectivity index (χ1n) is 13.4. The van der Waals surface area contributed by atoms with Gasteiger partial charge in [-0.25, -0.2) is 0 Å². The number of hydrogen-bond acceptors (Lipinski definition) is 4. The molecule has 0 bridgehead atoms. The highest BCUT2D eigenvalue weighted by Gasteiger charge is 2.42. The lowest BCUT2D eigenvalue weighted by atomic mass is 9.81. The molecular formula is C33H39N4S+. The fourth-order valence-corrected chi connectivity index (χ4v) is 7.23. The van der Waals surface area contributed by atoms with Gasteiger partial charge in [0, 0.05) is 46.5 Å². The number of hydrogen-bond donors (Lipinski definition) is 1. The summed E-state index contributed by atoms with van der Waals surface area (Å²) in [4.78, 5) is 3.60. The van der Waals surface area contributed by atoms with Gasteiger partial charge in [0.2, 0.25) is 5.69 Å². The molecule has 2 N–H and O–H groups in total. The topological polar surface area (TPSA) is 44.6 Å². The highest BCUT2D eigenvalue weighted by molar-refractivity contribution is 8.15. The van der Waals surface area contributed by atoms with Crippen LogP contribution in [0.5, 0.6) is 0 Å². The molecule has 196 valence electrons. The first-order chi connectivity index (χ1) is 18.2. The second-order valence-electron chi connectivity index (χ2n) is 11.4. The van der Waals surface area contributed by atoms with Crippen LogP contribution in [0.3, 0.4) is 0 Å². The van der Waals surface area contributed by atoms with E-state index >= 15 is 0 Å². The summed E-state index contributed by atoms with van der Waals surface area (Å²) < 4.78 is 2.33. The van der Waals surface area contributed by atoms with Gasteiger partial charge in [0.05, 0.1) is 11.0 Å². The molecule has 0 atom stereocenters. The largest absolute Gasteiger partial charge is 0.347 e. The number of likely N-dealkylation sites (N-methyl/N-ethyl adjacent to an activating group) is 1. The zero-order valence-electron chi connectivity index (χ0n) is 23.5. The quantitative estimate of drug-likeness (QED) is 0.145. The lowest BCUT2D eigenvalue weighted by Gasteiger charge is -2.24. The first kappa shape index (κ1) is 26.3. The van der Waals surface area contributed by atoms with Crippen LogP contribution in [0.15, 0.2) is 99.7 Å². The second-order valence-corrected chi connectivity index (χ2v) is 12.3. The molecule has 0 aromatic heterocycles. The van der Waals surface area contributed by atoms with E-state index in [0.717, 1.165) is 19.3 Å². The summed E-state index contributed by atoms with van der Waals surface area (Å²) in [5, 5.41) is 3.81. The lowest BCUT2D eigenvalue weighted by molar-refractivity contribution is -0.401. The molecule has 5 rings (SSSR count). The number of para-hydroxylation sites is 2. The average Bonchev–Trinajstić information content (AvgIpc) is 3.23. The molecule has 0 saturated heterocycles. The van der Waals surface area contributed by atoms with E-state index in [0.29, 0.717) is 0 Å². The third-order valence-electron chi connectivity index (χ3n) is 8.47. The molecule has 2 aromatic rings. The van der Waals surface area contributed by atoms with Crippen molar-refractivity contribution in [1.82, 2.24) is 0 Å². The van der Waals surface area contributed by atoms with E-state index < -0.39 is 0 Å². The standard InChI is InChI=1S/C33H39N4S/c1-32(2)25-14-7-9-16-27(25)36(5)29(32)20-18-23-12-11-13-24(31(23)38-22-35-34)19-21-30-33(3,4)26-15-8-10-17-28(26)37(30)6/h7-10,14-22H,11-13,34H2,1-6H3/q+1/b35-22+. The molecule has 2 heterocycles. The monoisotopic (exact) mass is 523 g/mol. The van der Waals surface area contributed by atoms with E-state index in [9.17, 15) is 0 Å². The van der Waals surface area contributed by atoms with Crippen LogP contribution >= 0.6 is 11.8 Å². The van der Waals surface area contributed by atoms with Crippen LogP contribution in [0.1, 0.15) is 58.1 Å². The van der Waals surface area contributed by atoms with Crippen molar-refractivity contribution < 1.29 is 4.58 Å². The van der Waals surface area contributed by atoms with Gasteiger partial charge < -0.3 is 10.7 Å². The SMILES string of the molecule is CN1C(=CC=C2CCCC(C=CC3=[N+](C)c4ccccc4C3(C)C)=C2S/C=N/N)C(C)(C)c2ccccc21. The molecule has 1 aliphatic carbocycles. The fourth-order valence-electron chi connectivity index (χ4n) is 6.42. The molecule has 4 nitrogen and oxygen atoms in total. The van der Waals surface area contributed by atoms with Crippen LogP contribution < -0.4 is 10.7 Å². The van der Waals surface area contributed by atoms with Gasteiger partial charge in [-0.3, -0.25) is 0 Å². The molecule has 3 aliphatic rings. The van der Waals surface area contributed by atoms with E-state index in [1.807, 2.05) is 0 Å². The van der Waals surface area contributed by atoms with Gasteiger partial charge >= 0.3 is 0 Å². The van der Waals surface area contributed by atoms with Gasteiger partial charge in [0.1, 0.15) is 7.05 Å². The van der Waals surface area contributed by atoms with Crippen molar-refractivity contribution in [3.05, 3.63) is 106 Å². The van der Waals surface area contributed by atoms with Crippen LogP contribution in [0.25, 0.3) is 0 Å². The normalized spacial score (nSPS) is 22.4. The van der Waals surface area contributed by atoms with Gasteiger partial charge in [-0.15, -0.1) is 0 Å². The van der Waals surface area contributed by atoms with Crippen molar-refractivity contribution in [1.29, 1.82) is 0 Å². The predicted octanol–water partition coefficient (Wildman–Crippen LogP) is 7.56. The molecule has 5 heteroatoms. The van der Waals surface area contributed by atoms with Gasteiger partial charge in [-0.1, -0.05) is 74.2 Å². The summed E-state index contributed by atoms with van der Waals surface area (Å²) in [6.45, 7) is 9.26. The number of benzene rings is 2. The Morgan fingerprint density at radius 1 is 0.921 bits per heavy atom. The minimum absolute atomic E-state index is 0.0418. The highest BCUT2D eigenvalue weighted by Crippen LogP contribution is 2.47. The maximum atomic E-state index is 5.55. The van der Waals surface area contributed by atoms with Gasteiger partial charge in [0.15, 0.2) is 5.71 Å². The third kappa shape index (κ3) is 4.37. The summed E-state index contributed by atoms with van der Waals surface area (Å²) in [5.41, 5.74) is 12.3.